The molecule has 0 amide bonds. The lowest BCUT2D eigenvalue weighted by Gasteiger charge is -2.05. The van der Waals surface area contributed by atoms with Crippen LogP contribution >= 0.6 is 15.9 Å². The smallest absolute Gasteiger partial charge is 0.245 e. The highest BCUT2D eigenvalue weighted by molar-refractivity contribution is 9.10. The lowest BCUT2D eigenvalue weighted by Crippen LogP contribution is -2.01. The minimum absolute atomic E-state index is 0.535. The van der Waals surface area contributed by atoms with E-state index < -0.39 is 0 Å². The van der Waals surface area contributed by atoms with Gasteiger partial charge in [-0.2, -0.15) is 4.98 Å². The van der Waals surface area contributed by atoms with E-state index in [2.05, 4.69) is 58.2 Å². The fraction of sp³-hybridized carbons (Fsp3) is 0.429. The van der Waals surface area contributed by atoms with Crippen LogP contribution in [0, 0.1) is 12.8 Å². The molecule has 2 rings (SSSR count). The van der Waals surface area contributed by atoms with Gasteiger partial charge in [-0.15, -0.1) is 0 Å². The Labute approximate surface area is 121 Å². The molecule has 0 saturated carbocycles. The monoisotopic (exact) mass is 323 g/mol. The Morgan fingerprint density at radius 1 is 1.37 bits per heavy atom. The van der Waals surface area contributed by atoms with Crippen molar-refractivity contribution in [2.24, 2.45) is 5.92 Å². The molecule has 2 aromatic rings. The minimum Gasteiger partial charge on any atom is -0.376 e. The highest BCUT2D eigenvalue weighted by Gasteiger charge is 2.07. The molecule has 102 valence electrons. The van der Waals surface area contributed by atoms with Gasteiger partial charge in [0.15, 0.2) is 5.82 Å². The van der Waals surface area contributed by atoms with Gasteiger partial charge in [0.05, 0.1) is 6.54 Å². The summed E-state index contributed by atoms with van der Waals surface area (Å²) in [6.45, 7) is 6.88. The van der Waals surface area contributed by atoms with Gasteiger partial charge in [-0.25, -0.2) is 0 Å². The van der Waals surface area contributed by atoms with Crippen LogP contribution < -0.4 is 5.32 Å². The Bertz CT molecular complexity index is 551. The molecule has 4 nitrogen and oxygen atoms in total. The highest BCUT2D eigenvalue weighted by Crippen LogP contribution is 2.20. The van der Waals surface area contributed by atoms with E-state index in [0.29, 0.717) is 18.4 Å². The van der Waals surface area contributed by atoms with Crippen LogP contribution in [-0.2, 0) is 13.0 Å². The van der Waals surface area contributed by atoms with Crippen LogP contribution in [0.5, 0.6) is 0 Å². The quantitative estimate of drug-likeness (QED) is 0.905. The van der Waals surface area contributed by atoms with Crippen molar-refractivity contribution < 1.29 is 4.52 Å². The fourth-order valence-electron chi connectivity index (χ4n) is 1.74. The molecule has 0 spiro atoms. The van der Waals surface area contributed by atoms with Crippen molar-refractivity contribution in [3.05, 3.63) is 40.0 Å². The normalized spacial score (nSPS) is 11.0. The van der Waals surface area contributed by atoms with E-state index >= 15 is 0 Å². The Morgan fingerprint density at radius 3 is 2.84 bits per heavy atom. The van der Waals surface area contributed by atoms with Crippen LogP contribution in [0.2, 0.25) is 0 Å². The molecule has 19 heavy (non-hydrogen) atoms. The molecule has 1 aromatic carbocycles. The summed E-state index contributed by atoms with van der Waals surface area (Å²) >= 11 is 3.48. The third-order valence-electron chi connectivity index (χ3n) is 2.70. The van der Waals surface area contributed by atoms with E-state index in [1.54, 1.807) is 0 Å². The summed E-state index contributed by atoms with van der Waals surface area (Å²) in [5.41, 5.74) is 2.24. The number of aryl methyl sites for hydroxylation is 1. The maximum absolute atomic E-state index is 5.21. The zero-order valence-electron chi connectivity index (χ0n) is 11.4. The maximum atomic E-state index is 5.21. The van der Waals surface area contributed by atoms with Crippen LogP contribution in [0.4, 0.5) is 5.69 Å². The lowest BCUT2D eigenvalue weighted by molar-refractivity contribution is 0.375. The van der Waals surface area contributed by atoms with Gasteiger partial charge in [0.25, 0.3) is 0 Å². The molecule has 1 aromatic heterocycles. The predicted octanol–water partition coefficient (Wildman–Crippen LogP) is 3.95. The Hall–Kier alpha value is -1.36. The molecule has 0 aliphatic rings. The molecule has 0 aliphatic heterocycles. The van der Waals surface area contributed by atoms with Gasteiger partial charge >= 0.3 is 0 Å². The van der Waals surface area contributed by atoms with E-state index in [4.69, 9.17) is 4.52 Å². The van der Waals surface area contributed by atoms with Crippen molar-refractivity contribution in [1.29, 1.82) is 0 Å². The first-order valence-corrected chi connectivity index (χ1v) is 7.15. The third kappa shape index (κ3) is 4.06. The second kappa shape index (κ2) is 6.19. The highest BCUT2D eigenvalue weighted by atomic mass is 79.9. The van der Waals surface area contributed by atoms with Gasteiger partial charge < -0.3 is 9.84 Å². The second-order valence-corrected chi connectivity index (χ2v) is 5.87. The Kier molecular flexibility index (Phi) is 4.58. The number of hydrogen-bond donors (Lipinski definition) is 1. The average Bonchev–Trinajstić information content (AvgIpc) is 2.77. The van der Waals surface area contributed by atoms with Crippen LogP contribution in [0.15, 0.2) is 27.2 Å². The largest absolute Gasteiger partial charge is 0.376 e. The molecular formula is C14H18BrN3O. The number of anilines is 1. The first-order valence-electron chi connectivity index (χ1n) is 6.36. The van der Waals surface area contributed by atoms with Crippen molar-refractivity contribution in [2.45, 2.75) is 33.7 Å². The number of hydrogen-bond acceptors (Lipinski definition) is 4. The van der Waals surface area contributed by atoms with E-state index in [9.17, 15) is 0 Å². The molecule has 0 saturated heterocycles. The van der Waals surface area contributed by atoms with E-state index in [-0.39, 0.29) is 0 Å². The van der Waals surface area contributed by atoms with Gasteiger partial charge in [-0.1, -0.05) is 34.9 Å². The van der Waals surface area contributed by atoms with Crippen LogP contribution in [0.3, 0.4) is 0 Å². The molecule has 0 atom stereocenters. The SMILES string of the molecule is Cc1cc(NCc2nc(CC(C)C)no2)ccc1Br. The summed E-state index contributed by atoms with van der Waals surface area (Å²) in [5, 5.41) is 7.25. The molecule has 0 bridgehead atoms. The molecule has 1 heterocycles. The molecule has 0 aliphatic carbocycles. The predicted molar refractivity (Wildman–Crippen MR) is 79.0 cm³/mol. The molecule has 1 N–H and O–H groups in total. The number of halogens is 1. The van der Waals surface area contributed by atoms with Crippen LogP contribution in [0.25, 0.3) is 0 Å². The summed E-state index contributed by atoms with van der Waals surface area (Å²) in [4.78, 5) is 4.36. The first-order chi connectivity index (χ1) is 9.04. The topological polar surface area (TPSA) is 51.0 Å². The number of rotatable bonds is 5. The number of benzene rings is 1. The van der Waals surface area contributed by atoms with Crippen molar-refractivity contribution in [2.75, 3.05) is 5.32 Å². The summed E-state index contributed by atoms with van der Waals surface area (Å²) in [6.07, 6.45) is 0.848. The minimum atomic E-state index is 0.535. The molecule has 0 unspecified atom stereocenters. The summed E-state index contributed by atoms with van der Waals surface area (Å²) in [6, 6.07) is 6.12. The Balaban J connectivity index is 1.94. The average molecular weight is 324 g/mol. The lowest BCUT2D eigenvalue weighted by atomic mass is 10.1. The van der Waals surface area contributed by atoms with Crippen molar-refractivity contribution in [1.82, 2.24) is 10.1 Å². The van der Waals surface area contributed by atoms with E-state index in [1.165, 1.54) is 5.56 Å². The summed E-state index contributed by atoms with van der Waals surface area (Å²) in [7, 11) is 0. The molecule has 0 radical (unpaired) electrons. The van der Waals surface area contributed by atoms with E-state index in [0.717, 1.165) is 22.4 Å². The first kappa shape index (κ1) is 14.1. The summed E-state index contributed by atoms with van der Waals surface area (Å²) in [5.74, 6) is 1.93. The zero-order valence-corrected chi connectivity index (χ0v) is 13.0. The van der Waals surface area contributed by atoms with E-state index in [1.807, 2.05) is 12.1 Å². The van der Waals surface area contributed by atoms with Gasteiger partial charge in [0.1, 0.15) is 0 Å². The summed E-state index contributed by atoms with van der Waals surface area (Å²) < 4.78 is 6.31. The molecule has 5 heteroatoms. The van der Waals surface area contributed by atoms with Gasteiger partial charge in [0.2, 0.25) is 5.89 Å². The Morgan fingerprint density at radius 2 is 2.16 bits per heavy atom. The zero-order chi connectivity index (χ0) is 13.8. The van der Waals surface area contributed by atoms with Crippen molar-refractivity contribution in [3.8, 4) is 0 Å². The van der Waals surface area contributed by atoms with Crippen molar-refractivity contribution in [3.63, 3.8) is 0 Å². The van der Waals surface area contributed by atoms with Crippen molar-refractivity contribution >= 4 is 21.6 Å². The van der Waals surface area contributed by atoms with Gasteiger partial charge in [-0.3, -0.25) is 0 Å². The van der Waals surface area contributed by atoms with Gasteiger partial charge in [-0.05, 0) is 36.6 Å². The number of aromatic nitrogens is 2. The van der Waals surface area contributed by atoms with Gasteiger partial charge in [0, 0.05) is 16.6 Å². The fourth-order valence-corrected chi connectivity index (χ4v) is 1.99. The molecule has 0 fully saturated rings. The third-order valence-corrected chi connectivity index (χ3v) is 3.59. The standard InChI is InChI=1S/C14H18BrN3O/c1-9(2)6-13-17-14(19-18-13)8-16-11-4-5-12(15)10(3)7-11/h4-5,7,9,16H,6,8H2,1-3H3. The number of nitrogens with one attached hydrogen (secondary N) is 1. The second-order valence-electron chi connectivity index (χ2n) is 5.02. The van der Waals surface area contributed by atoms with Crippen LogP contribution in [-0.4, -0.2) is 10.1 Å². The van der Waals surface area contributed by atoms with Crippen LogP contribution in [0.1, 0.15) is 31.1 Å². The molecular weight excluding hydrogens is 306 g/mol. The maximum Gasteiger partial charge on any atom is 0.245 e. The number of nitrogens with zero attached hydrogens (tertiary/aromatic N) is 2.